The molecule has 0 bridgehead atoms. The summed E-state index contributed by atoms with van der Waals surface area (Å²) in [6.07, 6.45) is 0.871. The van der Waals surface area contributed by atoms with Crippen molar-refractivity contribution in [2.45, 2.75) is 26.8 Å². The number of fused-ring (bicyclic) bond motifs is 1. The van der Waals surface area contributed by atoms with Crippen LogP contribution < -0.4 is 11.1 Å². The van der Waals surface area contributed by atoms with E-state index in [1.165, 1.54) is 16.7 Å². The van der Waals surface area contributed by atoms with Crippen LogP contribution in [-0.2, 0) is 13.0 Å². The van der Waals surface area contributed by atoms with Gasteiger partial charge in [-0.15, -0.1) is 0 Å². The van der Waals surface area contributed by atoms with Crippen molar-refractivity contribution in [3.63, 3.8) is 0 Å². The molecule has 0 aliphatic rings. The number of pyridine rings is 1. The van der Waals surface area contributed by atoms with Crippen LogP contribution in [0.25, 0.3) is 22.3 Å². The Bertz CT molecular complexity index is 1100. The second-order valence-electron chi connectivity index (χ2n) is 7.13. The monoisotopic (exact) mass is 371 g/mol. The average molecular weight is 371 g/mol. The van der Waals surface area contributed by atoms with Crippen molar-refractivity contribution in [1.82, 2.24) is 20.5 Å². The number of aromatic amines is 1. The molecule has 142 valence electrons. The highest BCUT2D eigenvalue weighted by atomic mass is 15.2. The van der Waals surface area contributed by atoms with Gasteiger partial charge in [-0.25, -0.2) is 4.98 Å². The van der Waals surface area contributed by atoms with Gasteiger partial charge in [-0.3, -0.25) is 5.10 Å². The predicted molar refractivity (Wildman–Crippen MR) is 115 cm³/mol. The topological polar surface area (TPSA) is 79.6 Å². The summed E-state index contributed by atoms with van der Waals surface area (Å²) in [6.45, 7) is 5.94. The lowest BCUT2D eigenvalue weighted by Gasteiger charge is -2.15. The Hall–Kier alpha value is -3.18. The molecule has 4 aromatic rings. The van der Waals surface area contributed by atoms with Gasteiger partial charge in [0.25, 0.3) is 0 Å². The van der Waals surface area contributed by atoms with Gasteiger partial charge >= 0.3 is 0 Å². The molecule has 0 unspecified atom stereocenters. The van der Waals surface area contributed by atoms with Gasteiger partial charge in [0.1, 0.15) is 5.82 Å². The first-order chi connectivity index (χ1) is 13.6. The van der Waals surface area contributed by atoms with Crippen molar-refractivity contribution >= 4 is 16.9 Å². The van der Waals surface area contributed by atoms with E-state index in [-0.39, 0.29) is 0 Å². The van der Waals surface area contributed by atoms with Crippen molar-refractivity contribution in [2.75, 3.05) is 12.3 Å². The van der Waals surface area contributed by atoms with E-state index in [1.807, 2.05) is 6.07 Å². The Morgan fingerprint density at radius 3 is 2.54 bits per heavy atom. The molecule has 5 heteroatoms. The van der Waals surface area contributed by atoms with Crippen LogP contribution in [-0.4, -0.2) is 21.7 Å². The Labute approximate surface area is 165 Å². The van der Waals surface area contributed by atoms with E-state index in [4.69, 9.17) is 10.7 Å². The van der Waals surface area contributed by atoms with E-state index in [0.29, 0.717) is 11.5 Å². The molecule has 5 nitrogen and oxygen atoms in total. The highest BCUT2D eigenvalue weighted by Crippen LogP contribution is 2.33. The maximum atomic E-state index is 6.12. The highest BCUT2D eigenvalue weighted by Gasteiger charge is 2.18. The molecule has 2 aromatic carbocycles. The van der Waals surface area contributed by atoms with Crippen molar-refractivity contribution in [3.8, 4) is 11.3 Å². The molecule has 28 heavy (non-hydrogen) atoms. The number of aromatic nitrogens is 3. The molecule has 0 radical (unpaired) electrons. The van der Waals surface area contributed by atoms with Gasteiger partial charge in [-0.05, 0) is 49.1 Å². The van der Waals surface area contributed by atoms with Gasteiger partial charge < -0.3 is 11.1 Å². The first-order valence-corrected chi connectivity index (χ1v) is 9.59. The number of nitrogens with one attached hydrogen (secondary N) is 2. The number of hydrogen-bond acceptors (Lipinski definition) is 4. The van der Waals surface area contributed by atoms with Gasteiger partial charge in [-0.1, -0.05) is 54.6 Å². The second-order valence-corrected chi connectivity index (χ2v) is 7.13. The molecule has 2 aromatic heterocycles. The summed E-state index contributed by atoms with van der Waals surface area (Å²) < 4.78 is 0. The number of hydrogen-bond donors (Lipinski definition) is 3. The summed E-state index contributed by atoms with van der Waals surface area (Å²) in [5, 5.41) is 11.6. The van der Waals surface area contributed by atoms with E-state index in [1.54, 1.807) is 0 Å². The molecular weight excluding hydrogens is 346 g/mol. The third kappa shape index (κ3) is 3.49. The van der Waals surface area contributed by atoms with Crippen LogP contribution in [0.4, 0.5) is 5.82 Å². The van der Waals surface area contributed by atoms with Crippen LogP contribution >= 0.6 is 0 Å². The zero-order valence-electron chi connectivity index (χ0n) is 16.3. The van der Waals surface area contributed by atoms with Gasteiger partial charge in [-0.2, -0.15) is 5.10 Å². The van der Waals surface area contributed by atoms with E-state index in [0.717, 1.165) is 41.7 Å². The second kappa shape index (κ2) is 7.82. The molecule has 0 fully saturated rings. The van der Waals surface area contributed by atoms with Crippen LogP contribution in [0.5, 0.6) is 0 Å². The number of aryl methyl sites for hydroxylation is 2. The number of H-pyrrole nitrogens is 1. The molecule has 0 aliphatic carbocycles. The van der Waals surface area contributed by atoms with E-state index in [9.17, 15) is 0 Å². The number of anilines is 1. The smallest absolute Gasteiger partial charge is 0.183 e. The lowest BCUT2D eigenvalue weighted by Crippen LogP contribution is -2.17. The van der Waals surface area contributed by atoms with Crippen LogP contribution in [0.15, 0.2) is 54.6 Å². The fraction of sp³-hybridized carbons (Fsp3) is 0.217. The normalized spacial score (nSPS) is 11.2. The highest BCUT2D eigenvalue weighted by molar-refractivity contribution is 5.92. The van der Waals surface area contributed by atoms with Crippen LogP contribution in [0.3, 0.4) is 0 Å². The lowest BCUT2D eigenvalue weighted by molar-refractivity contribution is 0.685. The average Bonchev–Trinajstić information content (AvgIpc) is 3.08. The summed E-state index contributed by atoms with van der Waals surface area (Å²) >= 11 is 0. The maximum Gasteiger partial charge on any atom is 0.183 e. The van der Waals surface area contributed by atoms with Gasteiger partial charge in [0.05, 0.1) is 11.1 Å². The minimum absolute atomic E-state index is 0.579. The summed E-state index contributed by atoms with van der Waals surface area (Å²) in [6, 6.07) is 18.8. The van der Waals surface area contributed by atoms with Crippen LogP contribution in [0, 0.1) is 13.8 Å². The Morgan fingerprint density at radius 2 is 1.75 bits per heavy atom. The third-order valence-electron chi connectivity index (χ3n) is 5.23. The zero-order valence-corrected chi connectivity index (χ0v) is 16.3. The molecule has 0 atom stereocenters. The SMILES string of the molecule is Cc1ccccc1-c1nc2n[nH]c(N)c2c(C)c1CCNCc1ccccc1. The summed E-state index contributed by atoms with van der Waals surface area (Å²) in [4.78, 5) is 4.87. The summed E-state index contributed by atoms with van der Waals surface area (Å²) in [5.41, 5.74) is 13.8. The Kier molecular flexibility index (Phi) is 5.08. The number of benzene rings is 2. The molecular formula is C23H25N5. The predicted octanol–water partition coefficient (Wildman–Crippen LogP) is 4.16. The fourth-order valence-electron chi connectivity index (χ4n) is 3.71. The quantitative estimate of drug-likeness (QED) is 0.445. The van der Waals surface area contributed by atoms with Crippen molar-refractivity contribution in [2.24, 2.45) is 0 Å². The number of nitrogens with zero attached hydrogens (tertiary/aromatic N) is 2. The van der Waals surface area contributed by atoms with Crippen LogP contribution in [0.2, 0.25) is 0 Å². The largest absolute Gasteiger partial charge is 0.384 e. The van der Waals surface area contributed by atoms with E-state index in [2.05, 4.69) is 77.9 Å². The van der Waals surface area contributed by atoms with Crippen molar-refractivity contribution in [1.29, 1.82) is 0 Å². The number of rotatable bonds is 6. The zero-order chi connectivity index (χ0) is 19.5. The molecule has 0 saturated carbocycles. The summed E-state index contributed by atoms with van der Waals surface area (Å²) in [7, 11) is 0. The minimum Gasteiger partial charge on any atom is -0.384 e. The van der Waals surface area contributed by atoms with Gasteiger partial charge in [0, 0.05) is 12.1 Å². The first kappa shape index (κ1) is 18.2. The molecule has 0 spiro atoms. The lowest BCUT2D eigenvalue weighted by atomic mass is 9.94. The Balaban J connectivity index is 1.67. The van der Waals surface area contributed by atoms with E-state index < -0.39 is 0 Å². The maximum absolute atomic E-state index is 6.12. The summed E-state index contributed by atoms with van der Waals surface area (Å²) in [5.74, 6) is 0.579. The van der Waals surface area contributed by atoms with Crippen LogP contribution in [0.1, 0.15) is 22.3 Å². The third-order valence-corrected chi connectivity index (χ3v) is 5.23. The molecule has 4 N–H and O–H groups in total. The Morgan fingerprint density at radius 1 is 1.00 bits per heavy atom. The first-order valence-electron chi connectivity index (χ1n) is 9.59. The number of nitrogen functional groups attached to an aromatic ring is 1. The molecule has 4 rings (SSSR count). The molecule has 0 amide bonds. The number of nitrogens with two attached hydrogens (primary N) is 1. The fourth-order valence-corrected chi connectivity index (χ4v) is 3.71. The molecule has 2 heterocycles. The van der Waals surface area contributed by atoms with E-state index >= 15 is 0 Å². The minimum atomic E-state index is 0.579. The van der Waals surface area contributed by atoms with Crippen molar-refractivity contribution in [3.05, 3.63) is 76.9 Å². The van der Waals surface area contributed by atoms with Crippen molar-refractivity contribution < 1.29 is 0 Å². The van der Waals surface area contributed by atoms with Gasteiger partial charge in [0.2, 0.25) is 0 Å². The molecule has 0 aliphatic heterocycles. The standard InChI is InChI=1S/C23H25N5/c1-15-8-6-7-11-18(15)21-19(12-13-25-14-17-9-4-3-5-10-17)16(2)20-22(24)27-28-23(20)26-21/h3-11,25H,12-14H2,1-2H3,(H3,24,26,27,28). The molecule has 0 saturated heterocycles. The van der Waals surface area contributed by atoms with Gasteiger partial charge in [0.15, 0.2) is 5.65 Å².